The Labute approximate surface area is 828 Å². The molecule has 21 nitrogen and oxygen atoms in total. The molecule has 11 aromatic carbocycles. The van der Waals surface area contributed by atoms with E-state index in [1.165, 1.54) is 150 Å². The Bertz CT molecular complexity index is 7300. The summed E-state index contributed by atoms with van der Waals surface area (Å²) in [7, 11) is 8.29. The number of hydrogen-bond donors (Lipinski definition) is 6. The summed E-state index contributed by atoms with van der Waals surface area (Å²) in [6.07, 6.45) is 11.0. The summed E-state index contributed by atoms with van der Waals surface area (Å²) >= 11 is 3.67. The van der Waals surface area contributed by atoms with Crippen LogP contribution in [0.2, 0.25) is 0 Å². The van der Waals surface area contributed by atoms with Gasteiger partial charge in [0.15, 0.2) is 0 Å². The summed E-state index contributed by atoms with van der Waals surface area (Å²) in [4.78, 5) is 73.1. The summed E-state index contributed by atoms with van der Waals surface area (Å²) in [5.74, 6) is -0.239. The number of nitrogens with zero attached hydrogens (tertiary/aromatic N) is 10. The van der Waals surface area contributed by atoms with E-state index < -0.39 is 0 Å². The highest BCUT2D eigenvalue weighted by Gasteiger charge is 2.30. The van der Waals surface area contributed by atoms with Crippen LogP contribution in [0.25, 0.3) is 54.5 Å². The second kappa shape index (κ2) is 44.6. The standard InChI is InChI=1S/C27H26BrN3O.C26H26N4O.C23H25N3O.C22H25N3O.C20H21N3O/c1-29-27(32)21-9-7-20(8-10-21)17-31-25-12-11-22(28)15-23(25)24-18-30(14-13-26(24)31)16-19-5-3-2-4-6-19;1-27-26(31)21-8-6-19(7-9-21)17-30-24-5-3-2-4-22(24)23-18-29(15-12-25(23)30)16-20-10-13-28-14-11-20;1-3-13-25-14-12-22-20(16-25)19-6-4-5-7-21(19)26(22)15-17-8-10-18(11-9-17)23(27)24-2;1-3-24-13-12-21-19(15-24)18-6-4-5-7-20(18)25(21)14-16-8-10-17(11-9-16)22(26)23-2;1-21-20(24)15-8-6-14(7-9-15)13-23-18-5-3-2-4-16(18)17-12-22-11-10-19(17)23/h2-12,15H,13-14,16-18H2,1H3,(H,29,32);2-11,13-14H,12,15-18H2,1H3,(H,27,31);3-11H,1,12-16H2,2H3,(H,24,27);4-11H,3,12-15H2,1-2H3,(H,23,26);2-9,22H,10-13H2,1H3,(H,21,24). The Balaban J connectivity index is 0.000000116. The van der Waals surface area contributed by atoms with Crippen LogP contribution < -0.4 is 31.9 Å². The van der Waals surface area contributed by atoms with E-state index in [1.54, 1.807) is 35.2 Å². The molecule has 5 aliphatic rings. The van der Waals surface area contributed by atoms with Gasteiger partial charge in [0.2, 0.25) is 0 Å². The molecule has 0 saturated heterocycles. The Morgan fingerprint density at radius 3 is 0.957 bits per heavy atom. The van der Waals surface area contributed by atoms with Crippen molar-refractivity contribution in [2.75, 3.05) is 81.1 Å². The highest BCUT2D eigenvalue weighted by molar-refractivity contribution is 9.10. The van der Waals surface area contributed by atoms with Gasteiger partial charge in [0.25, 0.3) is 29.5 Å². The molecule has 0 aliphatic carbocycles. The van der Waals surface area contributed by atoms with Crippen LogP contribution >= 0.6 is 15.9 Å². The molecule has 11 heterocycles. The van der Waals surface area contributed by atoms with Gasteiger partial charge in [-0.1, -0.05) is 193 Å². The zero-order valence-electron chi connectivity index (χ0n) is 80.9. The minimum atomic E-state index is -0.0521. The second-order valence-electron chi connectivity index (χ2n) is 36.7. The van der Waals surface area contributed by atoms with E-state index >= 15 is 0 Å². The molecule has 6 N–H and O–H groups in total. The lowest BCUT2D eigenvalue weighted by Gasteiger charge is -2.28. The van der Waals surface area contributed by atoms with E-state index in [1.807, 2.05) is 91.3 Å². The quantitative estimate of drug-likeness (QED) is 0.0352. The third kappa shape index (κ3) is 21.4. The molecule has 0 fully saturated rings. The number of pyridine rings is 1. The Kier molecular flexibility index (Phi) is 30.6. The summed E-state index contributed by atoms with van der Waals surface area (Å²) in [5.41, 5.74) is 33.1. The molecule has 5 aliphatic heterocycles. The fourth-order valence-electron chi connectivity index (χ4n) is 21.0. The molecule has 140 heavy (non-hydrogen) atoms. The lowest BCUT2D eigenvalue weighted by atomic mass is 10.0. The zero-order chi connectivity index (χ0) is 96.7. The average molecular weight is 1930 g/mol. The number of amides is 5. The molecule has 0 bridgehead atoms. The van der Waals surface area contributed by atoms with E-state index in [4.69, 9.17) is 0 Å². The fraction of sp³-hybridized carbons (Fsp3) is 0.254. The van der Waals surface area contributed by atoms with Crippen LogP contribution in [0, 0.1) is 0 Å². The predicted molar refractivity (Wildman–Crippen MR) is 568 cm³/mol. The first-order chi connectivity index (χ1) is 68.5. The molecule has 0 atom stereocenters. The first-order valence-electron chi connectivity index (χ1n) is 48.9. The number of aromatic nitrogens is 6. The van der Waals surface area contributed by atoms with Gasteiger partial charge in [-0.25, -0.2) is 0 Å². The van der Waals surface area contributed by atoms with Crippen molar-refractivity contribution in [3.8, 4) is 0 Å². The van der Waals surface area contributed by atoms with E-state index in [0.29, 0.717) is 27.8 Å². The van der Waals surface area contributed by atoms with Crippen molar-refractivity contribution in [1.82, 2.24) is 79.3 Å². The minimum absolute atomic E-state index is 0.0417. The van der Waals surface area contributed by atoms with Crippen molar-refractivity contribution in [2.24, 2.45) is 0 Å². The minimum Gasteiger partial charge on any atom is -0.355 e. The van der Waals surface area contributed by atoms with E-state index in [2.05, 4.69) is 315 Å². The van der Waals surface area contributed by atoms with Crippen molar-refractivity contribution in [3.63, 3.8) is 0 Å². The fourth-order valence-corrected chi connectivity index (χ4v) is 21.4. The Morgan fingerprint density at radius 2 is 0.607 bits per heavy atom. The number of para-hydroxylation sites is 4. The maximum atomic E-state index is 11.9. The number of carbonyl (C=O) groups excluding carboxylic acids is 5. The van der Waals surface area contributed by atoms with Crippen molar-refractivity contribution in [3.05, 3.63) is 432 Å². The molecule has 22 heteroatoms. The zero-order valence-corrected chi connectivity index (χ0v) is 82.4. The van der Waals surface area contributed by atoms with Crippen LogP contribution in [-0.2, 0) is 111 Å². The smallest absolute Gasteiger partial charge is 0.251 e. The van der Waals surface area contributed by atoms with Crippen molar-refractivity contribution >= 4 is 100.0 Å². The summed E-state index contributed by atoms with van der Waals surface area (Å²) < 4.78 is 13.4. The van der Waals surface area contributed by atoms with Gasteiger partial charge in [-0.15, -0.1) is 6.58 Å². The van der Waals surface area contributed by atoms with Gasteiger partial charge in [0.1, 0.15) is 0 Å². The van der Waals surface area contributed by atoms with Gasteiger partial charge < -0.3 is 54.7 Å². The monoisotopic (exact) mass is 1920 g/mol. The molecule has 17 aromatic rings. The molecule has 22 rings (SSSR count). The Hall–Kier alpha value is -14.4. The van der Waals surface area contributed by atoms with E-state index in [-0.39, 0.29) is 29.5 Å². The number of rotatable bonds is 22. The molecule has 6 aromatic heterocycles. The molecular weight excluding hydrogens is 1800 g/mol. The van der Waals surface area contributed by atoms with Crippen LogP contribution in [0.15, 0.2) is 309 Å². The van der Waals surface area contributed by atoms with Crippen molar-refractivity contribution in [2.45, 2.75) is 118 Å². The Morgan fingerprint density at radius 1 is 0.321 bits per heavy atom. The normalized spacial score (nSPS) is 14.0. The number of benzene rings is 11. The number of carbonyl (C=O) groups is 5. The maximum absolute atomic E-state index is 11.9. The topological polar surface area (TPSA) is 208 Å². The average Bonchev–Trinajstić information content (AvgIpc) is 1.61. The summed E-state index contributed by atoms with van der Waals surface area (Å²) in [6.45, 7) is 24.4. The molecule has 0 unspecified atom stereocenters. The first kappa shape index (κ1) is 95.9. The van der Waals surface area contributed by atoms with Gasteiger partial charge >= 0.3 is 0 Å². The number of likely N-dealkylation sites (N-methyl/N-ethyl adjacent to an activating group) is 1. The number of fused-ring (bicyclic) bond motifs is 15. The van der Waals surface area contributed by atoms with Gasteiger partial charge in [-0.05, 0) is 189 Å². The summed E-state index contributed by atoms with van der Waals surface area (Å²) in [6, 6.07) is 95.9. The highest BCUT2D eigenvalue weighted by atomic mass is 79.9. The number of nitrogens with one attached hydrogen (secondary N) is 6. The van der Waals surface area contributed by atoms with Crippen molar-refractivity contribution < 1.29 is 24.0 Å². The highest BCUT2D eigenvalue weighted by Crippen LogP contribution is 2.39. The van der Waals surface area contributed by atoms with Crippen LogP contribution in [0.4, 0.5) is 0 Å². The lowest BCUT2D eigenvalue weighted by molar-refractivity contribution is 0.0955. The van der Waals surface area contributed by atoms with Gasteiger partial charge in [0, 0.05) is 313 Å². The molecular formula is C118H123BrN16O5. The van der Waals surface area contributed by atoms with Crippen molar-refractivity contribution in [1.29, 1.82) is 0 Å². The third-order valence-corrected chi connectivity index (χ3v) is 28.7. The predicted octanol–water partition coefficient (Wildman–Crippen LogP) is 19.1. The summed E-state index contributed by atoms with van der Waals surface area (Å²) in [5, 5.41) is 23.6. The van der Waals surface area contributed by atoms with Crippen LogP contribution in [0.5, 0.6) is 0 Å². The largest absolute Gasteiger partial charge is 0.355 e. The number of hydrogen-bond acceptors (Lipinski definition) is 11. The molecule has 0 radical (unpaired) electrons. The third-order valence-electron chi connectivity index (χ3n) is 28.2. The van der Waals surface area contributed by atoms with Gasteiger partial charge in [0.05, 0.1) is 0 Å². The second-order valence-corrected chi connectivity index (χ2v) is 37.7. The molecule has 712 valence electrons. The van der Waals surface area contributed by atoms with E-state index in [9.17, 15) is 24.0 Å². The van der Waals surface area contributed by atoms with Crippen LogP contribution in [-0.4, -0.2) is 158 Å². The maximum Gasteiger partial charge on any atom is 0.251 e. The van der Waals surface area contributed by atoms with Gasteiger partial charge in [-0.3, -0.25) is 48.6 Å². The van der Waals surface area contributed by atoms with Crippen LogP contribution in [0.3, 0.4) is 0 Å². The molecule has 0 saturated carbocycles. The van der Waals surface area contributed by atoms with E-state index in [0.717, 1.165) is 161 Å². The molecule has 0 spiro atoms. The number of halogens is 1. The lowest BCUT2D eigenvalue weighted by Crippen LogP contribution is -2.31. The van der Waals surface area contributed by atoms with Crippen LogP contribution in [0.1, 0.15) is 154 Å². The molecule has 5 amide bonds. The van der Waals surface area contributed by atoms with Gasteiger partial charge in [-0.2, -0.15) is 0 Å². The SMILES string of the molecule is C=CCN1CCc2c(c3ccccc3n2Cc2ccc(C(=O)NC)cc2)C1.CCN1CCc2c(c3ccccc3n2Cc2ccc(C(=O)NC)cc2)C1.CNC(=O)c1ccc(Cn2c3c(c4cc(Br)ccc42)CN(Cc2ccccc2)CC3)cc1.CNC(=O)c1ccc(Cn2c3c(c4ccccc42)CN(Cc2ccncc2)CC3)cc1.CNC(=O)c1ccc(Cn2c3c(c4ccccc42)CNCC3)cc1. The first-order valence-corrected chi connectivity index (χ1v) is 49.7.